The van der Waals surface area contributed by atoms with Crippen molar-refractivity contribution < 1.29 is 0 Å². The predicted molar refractivity (Wildman–Crippen MR) is 49.6 cm³/mol. The lowest BCUT2D eigenvalue weighted by molar-refractivity contribution is 0.646. The summed E-state index contributed by atoms with van der Waals surface area (Å²) in [5.74, 6) is 1.95. The fourth-order valence-electron chi connectivity index (χ4n) is 1.23. The molecule has 0 aromatic rings. The van der Waals surface area contributed by atoms with Crippen molar-refractivity contribution in [2.75, 3.05) is 13.1 Å². The van der Waals surface area contributed by atoms with Gasteiger partial charge < -0.3 is 5.32 Å². The van der Waals surface area contributed by atoms with E-state index < -0.39 is 0 Å². The second-order valence-corrected chi connectivity index (χ2v) is 3.91. The number of rotatable bonds is 4. The zero-order valence-corrected chi connectivity index (χ0v) is 7.85. The van der Waals surface area contributed by atoms with E-state index in [0.29, 0.717) is 0 Å². The summed E-state index contributed by atoms with van der Waals surface area (Å²) in [4.78, 5) is 0. The van der Waals surface area contributed by atoms with Crippen LogP contribution in [0, 0.1) is 11.8 Å². The van der Waals surface area contributed by atoms with Crippen LogP contribution in [0.3, 0.4) is 0 Å². The highest BCUT2D eigenvalue weighted by Gasteiger charge is 2.31. The van der Waals surface area contributed by atoms with Crippen LogP contribution in [0.4, 0.5) is 0 Å². The Balaban J connectivity index is 1.93. The predicted octanol–water partition coefficient (Wildman–Crippen LogP) is 2.20. The van der Waals surface area contributed by atoms with Gasteiger partial charge in [0.05, 0.1) is 0 Å². The fraction of sp³-hybridized carbons (Fsp3) is 0.800. The molecule has 0 bridgehead atoms. The molecule has 0 saturated heterocycles. The van der Waals surface area contributed by atoms with Gasteiger partial charge in [-0.3, -0.25) is 0 Å². The Bertz CT molecular complexity index is 145. The topological polar surface area (TPSA) is 12.0 Å². The van der Waals surface area contributed by atoms with Crippen LogP contribution in [0.1, 0.15) is 27.2 Å². The fourth-order valence-corrected chi connectivity index (χ4v) is 1.23. The first-order valence-corrected chi connectivity index (χ1v) is 4.54. The molecule has 0 aromatic heterocycles. The standard InChI is InChI=1S/C10H19N/c1-8(2)4-5-11-7-10-6-9(10)3/h4,9-11H,5-7H2,1-3H3. The molecule has 1 heteroatoms. The second kappa shape index (κ2) is 3.91. The molecule has 2 atom stereocenters. The zero-order chi connectivity index (χ0) is 8.27. The van der Waals surface area contributed by atoms with E-state index in [-0.39, 0.29) is 0 Å². The van der Waals surface area contributed by atoms with Gasteiger partial charge in [-0.1, -0.05) is 18.6 Å². The molecule has 0 aromatic carbocycles. The largest absolute Gasteiger partial charge is 0.313 e. The van der Waals surface area contributed by atoms with E-state index in [9.17, 15) is 0 Å². The molecule has 2 unspecified atom stereocenters. The lowest BCUT2D eigenvalue weighted by Gasteiger charge is -1.98. The molecule has 0 amide bonds. The summed E-state index contributed by atoms with van der Waals surface area (Å²) in [6.07, 6.45) is 3.68. The summed E-state index contributed by atoms with van der Waals surface area (Å²) in [6.45, 7) is 8.87. The van der Waals surface area contributed by atoms with Gasteiger partial charge in [0.2, 0.25) is 0 Å². The summed E-state index contributed by atoms with van der Waals surface area (Å²) in [5.41, 5.74) is 1.40. The zero-order valence-electron chi connectivity index (χ0n) is 7.85. The molecule has 1 fully saturated rings. The van der Waals surface area contributed by atoms with Crippen LogP contribution in [0.2, 0.25) is 0 Å². The molecule has 1 rings (SSSR count). The SMILES string of the molecule is CC(C)=CCNCC1CC1C. The van der Waals surface area contributed by atoms with Gasteiger partial charge in [-0.05, 0) is 38.6 Å². The van der Waals surface area contributed by atoms with Crippen molar-refractivity contribution in [1.29, 1.82) is 0 Å². The third-order valence-electron chi connectivity index (χ3n) is 2.34. The quantitative estimate of drug-likeness (QED) is 0.482. The van der Waals surface area contributed by atoms with Crippen LogP contribution in [0.25, 0.3) is 0 Å². The summed E-state index contributed by atoms with van der Waals surface area (Å²) in [6, 6.07) is 0. The first-order valence-electron chi connectivity index (χ1n) is 4.54. The minimum Gasteiger partial charge on any atom is -0.313 e. The molecule has 0 radical (unpaired) electrons. The molecular formula is C10H19N. The Morgan fingerprint density at radius 2 is 2.18 bits per heavy atom. The van der Waals surface area contributed by atoms with Crippen molar-refractivity contribution in [2.45, 2.75) is 27.2 Å². The Morgan fingerprint density at radius 3 is 2.64 bits per heavy atom. The Kier molecular flexibility index (Phi) is 3.13. The van der Waals surface area contributed by atoms with E-state index in [2.05, 4.69) is 32.2 Å². The van der Waals surface area contributed by atoms with Crippen LogP contribution in [-0.4, -0.2) is 13.1 Å². The molecule has 64 valence electrons. The van der Waals surface area contributed by atoms with Crippen LogP contribution in [-0.2, 0) is 0 Å². The molecule has 0 heterocycles. The minimum atomic E-state index is 0.973. The van der Waals surface area contributed by atoms with E-state index in [1.54, 1.807) is 0 Å². The van der Waals surface area contributed by atoms with E-state index in [4.69, 9.17) is 0 Å². The third kappa shape index (κ3) is 3.57. The average molecular weight is 153 g/mol. The molecule has 1 saturated carbocycles. The summed E-state index contributed by atoms with van der Waals surface area (Å²) >= 11 is 0. The van der Waals surface area contributed by atoms with Crippen molar-refractivity contribution in [3.8, 4) is 0 Å². The van der Waals surface area contributed by atoms with Crippen molar-refractivity contribution in [3.63, 3.8) is 0 Å². The van der Waals surface area contributed by atoms with Gasteiger partial charge >= 0.3 is 0 Å². The number of nitrogens with one attached hydrogen (secondary N) is 1. The van der Waals surface area contributed by atoms with Gasteiger partial charge in [0.1, 0.15) is 0 Å². The van der Waals surface area contributed by atoms with Crippen molar-refractivity contribution in [3.05, 3.63) is 11.6 Å². The normalized spacial score (nSPS) is 28.3. The molecule has 1 aliphatic carbocycles. The summed E-state index contributed by atoms with van der Waals surface area (Å²) in [7, 11) is 0. The molecule has 1 N–H and O–H groups in total. The maximum absolute atomic E-state index is 3.43. The second-order valence-electron chi connectivity index (χ2n) is 3.91. The van der Waals surface area contributed by atoms with E-state index >= 15 is 0 Å². The maximum Gasteiger partial charge on any atom is 0.0137 e. The van der Waals surface area contributed by atoms with Crippen molar-refractivity contribution in [2.24, 2.45) is 11.8 Å². The Morgan fingerprint density at radius 1 is 1.55 bits per heavy atom. The van der Waals surface area contributed by atoms with Crippen molar-refractivity contribution in [1.82, 2.24) is 5.32 Å². The average Bonchev–Trinajstić information content (AvgIpc) is 2.59. The van der Waals surface area contributed by atoms with Gasteiger partial charge in [0, 0.05) is 6.54 Å². The van der Waals surface area contributed by atoms with E-state index in [0.717, 1.165) is 18.4 Å². The smallest absolute Gasteiger partial charge is 0.0137 e. The third-order valence-corrected chi connectivity index (χ3v) is 2.34. The summed E-state index contributed by atoms with van der Waals surface area (Å²) < 4.78 is 0. The van der Waals surface area contributed by atoms with E-state index in [1.807, 2.05) is 0 Å². The highest BCUT2D eigenvalue weighted by Crippen LogP contribution is 2.36. The van der Waals surface area contributed by atoms with Gasteiger partial charge in [-0.25, -0.2) is 0 Å². The first kappa shape index (κ1) is 8.79. The van der Waals surface area contributed by atoms with Crippen LogP contribution in [0.15, 0.2) is 11.6 Å². The van der Waals surface area contributed by atoms with Gasteiger partial charge in [0.15, 0.2) is 0 Å². The highest BCUT2D eigenvalue weighted by molar-refractivity contribution is 4.95. The van der Waals surface area contributed by atoms with Crippen LogP contribution >= 0.6 is 0 Å². The van der Waals surface area contributed by atoms with Crippen molar-refractivity contribution >= 4 is 0 Å². The number of hydrogen-bond donors (Lipinski definition) is 1. The van der Waals surface area contributed by atoms with E-state index in [1.165, 1.54) is 18.5 Å². The van der Waals surface area contributed by atoms with Gasteiger partial charge in [-0.15, -0.1) is 0 Å². The lowest BCUT2D eigenvalue weighted by atomic mass is 10.3. The summed E-state index contributed by atoms with van der Waals surface area (Å²) in [5, 5.41) is 3.43. The highest BCUT2D eigenvalue weighted by atomic mass is 14.9. The minimum absolute atomic E-state index is 0.973. The molecule has 1 aliphatic rings. The van der Waals surface area contributed by atoms with Gasteiger partial charge in [-0.2, -0.15) is 0 Å². The van der Waals surface area contributed by atoms with Crippen LogP contribution < -0.4 is 5.32 Å². The maximum atomic E-state index is 3.43. The monoisotopic (exact) mass is 153 g/mol. The van der Waals surface area contributed by atoms with Crippen LogP contribution in [0.5, 0.6) is 0 Å². The Labute approximate surface area is 69.9 Å². The number of allylic oxidation sites excluding steroid dienone is 1. The molecule has 0 aliphatic heterocycles. The first-order chi connectivity index (χ1) is 5.20. The molecule has 1 nitrogen and oxygen atoms in total. The molecular weight excluding hydrogens is 134 g/mol. The van der Waals surface area contributed by atoms with Gasteiger partial charge in [0.25, 0.3) is 0 Å². The molecule has 11 heavy (non-hydrogen) atoms. The Hall–Kier alpha value is -0.300. The number of hydrogen-bond acceptors (Lipinski definition) is 1. The lowest BCUT2D eigenvalue weighted by Crippen LogP contribution is -2.17. The molecule has 0 spiro atoms.